The molecular formula is C16H16ClN3. The van der Waals surface area contributed by atoms with E-state index in [2.05, 4.69) is 21.7 Å². The van der Waals surface area contributed by atoms with Crippen molar-refractivity contribution in [3.8, 4) is 0 Å². The Morgan fingerprint density at radius 3 is 2.65 bits per heavy atom. The van der Waals surface area contributed by atoms with Gasteiger partial charge in [0.2, 0.25) is 0 Å². The summed E-state index contributed by atoms with van der Waals surface area (Å²) in [4.78, 5) is 4.69. The second kappa shape index (κ2) is 5.27. The van der Waals surface area contributed by atoms with Gasteiger partial charge in [-0.3, -0.25) is 0 Å². The van der Waals surface area contributed by atoms with Gasteiger partial charge < -0.3 is 10.3 Å². The Bertz CT molecular complexity index is 762. The molecule has 0 amide bonds. The summed E-state index contributed by atoms with van der Waals surface area (Å²) in [7, 11) is 2.02. The van der Waals surface area contributed by atoms with Crippen LogP contribution in [0.2, 0.25) is 5.02 Å². The molecule has 2 aromatic carbocycles. The summed E-state index contributed by atoms with van der Waals surface area (Å²) >= 11 is 6.05. The third kappa shape index (κ3) is 2.30. The Kier molecular flexibility index (Phi) is 3.47. The monoisotopic (exact) mass is 285 g/mol. The molecule has 102 valence electrons. The Balaban J connectivity index is 2.05. The third-order valence-electron chi connectivity index (χ3n) is 3.62. The molecule has 4 heteroatoms. The van der Waals surface area contributed by atoms with Crippen LogP contribution in [0.4, 0.5) is 0 Å². The molecule has 0 aliphatic rings. The number of nitrogens with zero attached hydrogens (tertiary/aromatic N) is 2. The van der Waals surface area contributed by atoms with E-state index in [9.17, 15) is 0 Å². The minimum atomic E-state index is 0.548. The van der Waals surface area contributed by atoms with Crippen molar-refractivity contribution in [2.75, 3.05) is 0 Å². The van der Waals surface area contributed by atoms with E-state index < -0.39 is 0 Å². The summed E-state index contributed by atoms with van der Waals surface area (Å²) in [6.07, 6.45) is 0.774. The lowest BCUT2D eigenvalue weighted by Gasteiger charge is -2.07. The fraction of sp³-hybridized carbons (Fsp3) is 0.188. The van der Waals surface area contributed by atoms with Crippen LogP contribution < -0.4 is 5.73 Å². The highest BCUT2D eigenvalue weighted by molar-refractivity contribution is 6.31. The first-order valence-corrected chi connectivity index (χ1v) is 6.94. The van der Waals surface area contributed by atoms with Crippen molar-refractivity contribution in [2.45, 2.75) is 13.0 Å². The number of rotatable bonds is 3. The maximum absolute atomic E-state index is 6.05. The van der Waals surface area contributed by atoms with E-state index >= 15 is 0 Å². The Morgan fingerprint density at radius 1 is 1.15 bits per heavy atom. The van der Waals surface area contributed by atoms with Crippen LogP contribution in [0.25, 0.3) is 11.0 Å². The second-order valence-electron chi connectivity index (χ2n) is 4.87. The number of hydrogen-bond donors (Lipinski definition) is 1. The highest BCUT2D eigenvalue weighted by Crippen LogP contribution is 2.22. The molecule has 2 N–H and O–H groups in total. The molecule has 0 radical (unpaired) electrons. The van der Waals surface area contributed by atoms with Crippen molar-refractivity contribution >= 4 is 22.6 Å². The second-order valence-corrected chi connectivity index (χ2v) is 5.31. The molecule has 0 atom stereocenters. The van der Waals surface area contributed by atoms with Crippen molar-refractivity contribution in [1.82, 2.24) is 9.55 Å². The smallest absolute Gasteiger partial charge is 0.114 e. The molecule has 0 unspecified atom stereocenters. The van der Waals surface area contributed by atoms with Gasteiger partial charge in [0.05, 0.1) is 11.0 Å². The number of nitrogens with two attached hydrogens (primary N) is 1. The number of halogens is 1. The van der Waals surface area contributed by atoms with Crippen molar-refractivity contribution in [3.63, 3.8) is 0 Å². The van der Waals surface area contributed by atoms with Crippen LogP contribution in [0.5, 0.6) is 0 Å². The first-order valence-electron chi connectivity index (χ1n) is 6.56. The third-order valence-corrected chi connectivity index (χ3v) is 3.86. The van der Waals surface area contributed by atoms with Gasteiger partial charge in [-0.2, -0.15) is 0 Å². The van der Waals surface area contributed by atoms with Gasteiger partial charge in [-0.1, -0.05) is 35.9 Å². The van der Waals surface area contributed by atoms with Gasteiger partial charge in [0.25, 0.3) is 0 Å². The van der Waals surface area contributed by atoms with Gasteiger partial charge >= 0.3 is 0 Å². The molecule has 0 fully saturated rings. The standard InChI is InChI=1S/C16H16ClN3/c1-20-15-9-13(17)6-7-14(15)19-16(20)8-11-4-2-3-5-12(11)10-18/h2-7,9H,8,10,18H2,1H3. The summed E-state index contributed by atoms with van der Waals surface area (Å²) in [6.45, 7) is 0.548. The lowest BCUT2D eigenvalue weighted by atomic mass is 10.0. The first-order chi connectivity index (χ1) is 9.69. The van der Waals surface area contributed by atoms with Crippen molar-refractivity contribution < 1.29 is 0 Å². The normalized spacial score (nSPS) is 11.2. The lowest BCUT2D eigenvalue weighted by molar-refractivity contribution is 0.837. The van der Waals surface area contributed by atoms with E-state index in [0.717, 1.165) is 33.9 Å². The quantitative estimate of drug-likeness (QED) is 0.802. The largest absolute Gasteiger partial charge is 0.331 e. The fourth-order valence-electron chi connectivity index (χ4n) is 2.47. The van der Waals surface area contributed by atoms with Gasteiger partial charge in [-0.25, -0.2) is 4.98 Å². The molecular weight excluding hydrogens is 270 g/mol. The zero-order chi connectivity index (χ0) is 14.1. The van der Waals surface area contributed by atoms with Crippen LogP contribution in [0.15, 0.2) is 42.5 Å². The van der Waals surface area contributed by atoms with Crippen molar-refractivity contribution in [2.24, 2.45) is 12.8 Å². The Morgan fingerprint density at radius 2 is 1.90 bits per heavy atom. The lowest BCUT2D eigenvalue weighted by Crippen LogP contribution is -2.05. The fourth-order valence-corrected chi connectivity index (χ4v) is 2.64. The van der Waals surface area contributed by atoms with Crippen molar-refractivity contribution in [1.29, 1.82) is 0 Å². The van der Waals surface area contributed by atoms with Crippen LogP contribution in [0.1, 0.15) is 17.0 Å². The zero-order valence-corrected chi connectivity index (χ0v) is 12.1. The molecule has 3 rings (SSSR count). The molecule has 0 saturated heterocycles. The number of benzene rings is 2. The molecule has 0 aliphatic heterocycles. The molecule has 0 saturated carbocycles. The number of aryl methyl sites for hydroxylation is 1. The van der Waals surface area contributed by atoms with Crippen LogP contribution >= 0.6 is 11.6 Å². The zero-order valence-electron chi connectivity index (χ0n) is 11.3. The van der Waals surface area contributed by atoms with Gasteiger partial charge in [0.1, 0.15) is 5.82 Å². The average molecular weight is 286 g/mol. The molecule has 0 bridgehead atoms. The van der Waals surface area contributed by atoms with E-state index in [4.69, 9.17) is 17.3 Å². The summed E-state index contributed by atoms with van der Waals surface area (Å²) in [5.74, 6) is 1.02. The number of fused-ring (bicyclic) bond motifs is 1. The number of hydrogen-bond acceptors (Lipinski definition) is 2. The van der Waals surface area contributed by atoms with Crippen LogP contribution in [-0.2, 0) is 20.0 Å². The Hall–Kier alpha value is -1.84. The molecule has 1 aromatic heterocycles. The van der Waals surface area contributed by atoms with Crippen LogP contribution in [0.3, 0.4) is 0 Å². The minimum Gasteiger partial charge on any atom is -0.331 e. The van der Waals surface area contributed by atoms with Gasteiger partial charge in [-0.15, -0.1) is 0 Å². The summed E-state index contributed by atoms with van der Waals surface area (Å²) in [5, 5.41) is 0.731. The van der Waals surface area contributed by atoms with Gasteiger partial charge in [0, 0.05) is 25.0 Å². The molecule has 0 aliphatic carbocycles. The van der Waals surface area contributed by atoms with E-state index in [1.165, 1.54) is 5.56 Å². The molecule has 3 nitrogen and oxygen atoms in total. The van der Waals surface area contributed by atoms with E-state index in [1.54, 1.807) is 0 Å². The predicted molar refractivity (Wildman–Crippen MR) is 82.9 cm³/mol. The highest BCUT2D eigenvalue weighted by atomic mass is 35.5. The van der Waals surface area contributed by atoms with E-state index in [0.29, 0.717) is 6.54 Å². The Labute approximate surface area is 123 Å². The molecule has 0 spiro atoms. The average Bonchev–Trinajstić information content (AvgIpc) is 2.76. The van der Waals surface area contributed by atoms with Crippen LogP contribution in [0, 0.1) is 0 Å². The minimum absolute atomic E-state index is 0.548. The first kappa shape index (κ1) is 13.2. The molecule has 1 heterocycles. The van der Waals surface area contributed by atoms with Gasteiger partial charge in [0.15, 0.2) is 0 Å². The molecule has 3 aromatic rings. The maximum atomic E-state index is 6.05. The van der Waals surface area contributed by atoms with E-state index in [1.807, 2.05) is 37.4 Å². The topological polar surface area (TPSA) is 43.8 Å². The summed E-state index contributed by atoms with van der Waals surface area (Å²) < 4.78 is 2.09. The highest BCUT2D eigenvalue weighted by Gasteiger charge is 2.10. The van der Waals surface area contributed by atoms with Crippen LogP contribution in [-0.4, -0.2) is 9.55 Å². The number of imidazole rings is 1. The van der Waals surface area contributed by atoms with Gasteiger partial charge in [-0.05, 0) is 29.3 Å². The SMILES string of the molecule is Cn1c(Cc2ccccc2CN)nc2ccc(Cl)cc21. The summed E-state index contributed by atoms with van der Waals surface area (Å²) in [5.41, 5.74) is 10.2. The number of aromatic nitrogens is 2. The van der Waals surface area contributed by atoms with Crippen molar-refractivity contribution in [3.05, 3.63) is 64.4 Å². The summed E-state index contributed by atoms with van der Waals surface area (Å²) in [6, 6.07) is 14.0. The van der Waals surface area contributed by atoms with E-state index in [-0.39, 0.29) is 0 Å². The molecule has 20 heavy (non-hydrogen) atoms. The maximum Gasteiger partial charge on any atom is 0.114 e. The predicted octanol–water partition coefficient (Wildman–Crippen LogP) is 3.28.